The highest BCUT2D eigenvalue weighted by atomic mass is 16.5. The first-order valence-electron chi connectivity index (χ1n) is 15.1. The average Bonchev–Trinajstić information content (AvgIpc) is 3.39. The molecule has 0 saturated carbocycles. The van der Waals surface area contributed by atoms with Gasteiger partial charge in [0.25, 0.3) is 0 Å². The van der Waals surface area contributed by atoms with Gasteiger partial charge in [-0.05, 0) is 12.8 Å². The van der Waals surface area contributed by atoms with Crippen LogP contribution in [0.1, 0.15) is 148 Å². The van der Waals surface area contributed by atoms with E-state index in [1.165, 1.54) is 96.3 Å². The van der Waals surface area contributed by atoms with Crippen LogP contribution in [0.15, 0.2) is 12.5 Å². The second kappa shape index (κ2) is 23.5. The third kappa shape index (κ3) is 18.4. The summed E-state index contributed by atoms with van der Waals surface area (Å²) in [6.45, 7) is 4.72. The Kier molecular flexibility index (Phi) is 21.0. The van der Waals surface area contributed by atoms with Crippen molar-refractivity contribution in [1.29, 1.82) is 0 Å². The van der Waals surface area contributed by atoms with E-state index in [-0.39, 0.29) is 11.9 Å². The molecule has 2 N–H and O–H groups in total. The van der Waals surface area contributed by atoms with Crippen molar-refractivity contribution in [2.45, 2.75) is 155 Å². The predicted octanol–water partition coefficient (Wildman–Crippen LogP) is 7.82. The Morgan fingerprint density at radius 3 is 1.75 bits per heavy atom. The summed E-state index contributed by atoms with van der Waals surface area (Å²) in [5, 5.41) is 2.88. The monoisotopic (exact) mass is 505 g/mol. The van der Waals surface area contributed by atoms with Gasteiger partial charge in [-0.25, -0.2) is 9.78 Å². The van der Waals surface area contributed by atoms with Crippen molar-refractivity contribution < 1.29 is 14.3 Å². The molecule has 6 heteroatoms. The van der Waals surface area contributed by atoms with E-state index in [0.29, 0.717) is 19.4 Å². The first-order valence-corrected chi connectivity index (χ1v) is 15.1. The lowest BCUT2D eigenvalue weighted by atomic mass is 10.0. The Labute approximate surface area is 221 Å². The molecule has 0 spiro atoms. The molecule has 0 bridgehead atoms. The van der Waals surface area contributed by atoms with E-state index in [9.17, 15) is 9.59 Å². The third-order valence-electron chi connectivity index (χ3n) is 6.85. The van der Waals surface area contributed by atoms with Crippen LogP contribution in [-0.2, 0) is 20.7 Å². The number of H-pyrrole nitrogens is 1. The zero-order valence-corrected chi connectivity index (χ0v) is 23.5. The highest BCUT2D eigenvalue weighted by molar-refractivity contribution is 5.84. The molecule has 1 atom stereocenters. The molecule has 0 saturated heterocycles. The molecule has 6 nitrogen and oxygen atoms in total. The van der Waals surface area contributed by atoms with Gasteiger partial charge < -0.3 is 15.0 Å². The van der Waals surface area contributed by atoms with Crippen LogP contribution < -0.4 is 5.32 Å². The first kappa shape index (κ1) is 32.2. The van der Waals surface area contributed by atoms with Gasteiger partial charge in [-0.1, -0.05) is 123 Å². The van der Waals surface area contributed by atoms with Crippen molar-refractivity contribution in [1.82, 2.24) is 15.3 Å². The van der Waals surface area contributed by atoms with Crippen molar-refractivity contribution in [2.24, 2.45) is 0 Å². The smallest absolute Gasteiger partial charge is 0.329 e. The van der Waals surface area contributed by atoms with E-state index < -0.39 is 6.04 Å². The minimum atomic E-state index is -0.666. The number of imidazole rings is 1. The van der Waals surface area contributed by atoms with Gasteiger partial charge in [-0.15, -0.1) is 0 Å². The van der Waals surface area contributed by atoms with Crippen molar-refractivity contribution >= 4 is 11.9 Å². The second-order valence-electron chi connectivity index (χ2n) is 10.3. The maximum absolute atomic E-state index is 12.4. The number of rotatable bonds is 25. The number of hydrogen-bond acceptors (Lipinski definition) is 4. The average molecular weight is 506 g/mol. The molecule has 1 aromatic rings. The maximum atomic E-state index is 12.4. The molecule has 0 radical (unpaired) electrons. The van der Waals surface area contributed by atoms with Gasteiger partial charge in [0.15, 0.2) is 0 Å². The molecular weight excluding hydrogens is 450 g/mol. The van der Waals surface area contributed by atoms with Gasteiger partial charge >= 0.3 is 5.97 Å². The van der Waals surface area contributed by atoms with Crippen LogP contribution in [-0.4, -0.2) is 34.5 Å². The Hall–Kier alpha value is -1.85. The number of carbonyl (C=O) groups excluding carboxylic acids is 2. The van der Waals surface area contributed by atoms with Crippen LogP contribution >= 0.6 is 0 Å². The predicted molar refractivity (Wildman–Crippen MR) is 149 cm³/mol. The van der Waals surface area contributed by atoms with E-state index in [0.717, 1.165) is 31.4 Å². The zero-order chi connectivity index (χ0) is 26.1. The topological polar surface area (TPSA) is 84.1 Å². The van der Waals surface area contributed by atoms with Crippen molar-refractivity contribution in [3.05, 3.63) is 18.2 Å². The number of aromatic amines is 1. The van der Waals surface area contributed by atoms with Crippen molar-refractivity contribution in [3.8, 4) is 0 Å². The summed E-state index contributed by atoms with van der Waals surface area (Å²) in [6, 6.07) is -0.666. The Bertz CT molecular complexity index is 633. The summed E-state index contributed by atoms with van der Waals surface area (Å²) in [6.07, 6.45) is 28.3. The Balaban J connectivity index is 2.00. The van der Waals surface area contributed by atoms with E-state index in [1.807, 2.05) is 0 Å². The van der Waals surface area contributed by atoms with E-state index in [1.54, 1.807) is 12.5 Å². The van der Waals surface area contributed by atoms with E-state index in [4.69, 9.17) is 4.74 Å². The van der Waals surface area contributed by atoms with Gasteiger partial charge in [0, 0.05) is 24.7 Å². The third-order valence-corrected chi connectivity index (χ3v) is 6.85. The fourth-order valence-electron chi connectivity index (χ4n) is 4.50. The number of hydrogen-bond donors (Lipinski definition) is 2. The largest absolute Gasteiger partial charge is 0.464 e. The number of amides is 1. The standard InChI is InChI=1S/C30H55N3O3/c1-3-5-7-8-9-10-11-12-13-14-15-16-17-18-19-20-21-22-29(34)33-28(24-27-25-31-26-32-27)30(35)36-23-6-4-2/h25-26,28H,3-24H2,1-2H3,(H,31,32)(H,33,34)/t28-/m0/s1. The molecule has 0 unspecified atom stereocenters. The van der Waals surface area contributed by atoms with Gasteiger partial charge in [0.1, 0.15) is 6.04 Å². The molecule has 0 fully saturated rings. The fourth-order valence-corrected chi connectivity index (χ4v) is 4.50. The second-order valence-corrected chi connectivity index (χ2v) is 10.3. The number of aromatic nitrogens is 2. The zero-order valence-electron chi connectivity index (χ0n) is 23.5. The maximum Gasteiger partial charge on any atom is 0.329 e. The quantitative estimate of drug-likeness (QED) is 0.105. The van der Waals surface area contributed by atoms with Crippen LogP contribution in [0.4, 0.5) is 0 Å². The molecule has 0 aliphatic heterocycles. The highest BCUT2D eigenvalue weighted by Gasteiger charge is 2.23. The molecule has 1 aromatic heterocycles. The van der Waals surface area contributed by atoms with E-state index in [2.05, 4.69) is 29.1 Å². The molecule has 1 rings (SSSR count). The summed E-state index contributed by atoms with van der Waals surface area (Å²) < 4.78 is 5.34. The molecular formula is C30H55N3O3. The molecule has 1 heterocycles. The van der Waals surface area contributed by atoms with Crippen molar-refractivity contribution in [2.75, 3.05) is 6.61 Å². The molecule has 1 amide bonds. The lowest BCUT2D eigenvalue weighted by molar-refractivity contribution is -0.148. The SMILES string of the molecule is CCCCCCCCCCCCCCCCCCCC(=O)N[C@@H](Cc1cnc[nH]1)C(=O)OCCCC. The Morgan fingerprint density at radius 2 is 1.28 bits per heavy atom. The van der Waals surface area contributed by atoms with Crippen LogP contribution in [0.2, 0.25) is 0 Å². The lowest BCUT2D eigenvalue weighted by Crippen LogP contribution is -2.43. The molecule has 36 heavy (non-hydrogen) atoms. The normalized spacial score (nSPS) is 11.9. The molecule has 0 aromatic carbocycles. The first-order chi connectivity index (χ1) is 17.7. The van der Waals surface area contributed by atoms with Gasteiger partial charge in [-0.2, -0.15) is 0 Å². The summed E-state index contributed by atoms with van der Waals surface area (Å²) in [7, 11) is 0. The summed E-state index contributed by atoms with van der Waals surface area (Å²) in [4.78, 5) is 31.9. The van der Waals surface area contributed by atoms with Gasteiger partial charge in [0.2, 0.25) is 5.91 Å². The number of ether oxygens (including phenoxy) is 1. The highest BCUT2D eigenvalue weighted by Crippen LogP contribution is 2.14. The lowest BCUT2D eigenvalue weighted by Gasteiger charge is -2.17. The number of nitrogens with zero attached hydrogens (tertiary/aromatic N) is 1. The minimum absolute atomic E-state index is 0.0760. The van der Waals surface area contributed by atoms with Crippen LogP contribution in [0.25, 0.3) is 0 Å². The number of nitrogens with one attached hydrogen (secondary N) is 2. The molecule has 208 valence electrons. The Morgan fingerprint density at radius 1 is 0.778 bits per heavy atom. The van der Waals surface area contributed by atoms with Gasteiger partial charge in [-0.3, -0.25) is 4.79 Å². The van der Waals surface area contributed by atoms with E-state index >= 15 is 0 Å². The van der Waals surface area contributed by atoms with Crippen LogP contribution in [0, 0.1) is 0 Å². The van der Waals surface area contributed by atoms with Crippen LogP contribution in [0.5, 0.6) is 0 Å². The number of carbonyl (C=O) groups is 2. The molecule has 0 aliphatic carbocycles. The molecule has 0 aliphatic rings. The van der Waals surface area contributed by atoms with Gasteiger partial charge in [0.05, 0.1) is 12.9 Å². The summed E-state index contributed by atoms with van der Waals surface area (Å²) in [5.41, 5.74) is 0.811. The number of esters is 1. The summed E-state index contributed by atoms with van der Waals surface area (Å²) >= 11 is 0. The fraction of sp³-hybridized carbons (Fsp3) is 0.833. The van der Waals surface area contributed by atoms with Crippen LogP contribution in [0.3, 0.4) is 0 Å². The summed E-state index contributed by atoms with van der Waals surface area (Å²) in [5.74, 6) is -0.443. The minimum Gasteiger partial charge on any atom is -0.464 e. The van der Waals surface area contributed by atoms with Crippen molar-refractivity contribution in [3.63, 3.8) is 0 Å². The number of unbranched alkanes of at least 4 members (excludes halogenated alkanes) is 17.